The molecule has 33 heavy (non-hydrogen) atoms. The molecule has 1 heterocycles. The van der Waals surface area contributed by atoms with Gasteiger partial charge < -0.3 is 14.9 Å². The number of anilines is 1. The van der Waals surface area contributed by atoms with Crippen LogP contribution in [0.2, 0.25) is 0 Å². The third-order valence-electron chi connectivity index (χ3n) is 7.13. The van der Waals surface area contributed by atoms with Crippen LogP contribution in [0.3, 0.4) is 0 Å². The average molecular weight is 442 g/mol. The van der Waals surface area contributed by atoms with Crippen LogP contribution in [0.1, 0.15) is 36.6 Å². The van der Waals surface area contributed by atoms with Gasteiger partial charge in [-0.25, -0.2) is 0 Å². The quantitative estimate of drug-likeness (QED) is 0.575. The van der Waals surface area contributed by atoms with Gasteiger partial charge in [-0.2, -0.15) is 5.10 Å². The summed E-state index contributed by atoms with van der Waals surface area (Å²) in [6, 6.07) is 24.0. The summed E-state index contributed by atoms with van der Waals surface area (Å²) in [5.41, 5.74) is 7.47. The van der Waals surface area contributed by atoms with Crippen molar-refractivity contribution in [2.45, 2.75) is 19.9 Å². The molecule has 1 aliphatic heterocycles. The lowest BCUT2D eigenvalue weighted by Gasteiger charge is -2.34. The summed E-state index contributed by atoms with van der Waals surface area (Å²) in [7, 11) is 0. The standard InChI is InChI=1S/C28H32N4O/c1-3-30(4-2)22-14-13-21(27(33)19-22)20-29-32-17-15-31(16-18-32)28-25-11-7-5-9-23(25)24-10-6-8-12-26(24)28/h5-14,19-20,28,33H,3-4,15-18H2,1-2H3/p+1/b29-20+. The fourth-order valence-electron chi connectivity index (χ4n) is 5.35. The maximum Gasteiger partial charge on any atom is 0.140 e. The number of benzene rings is 3. The highest BCUT2D eigenvalue weighted by Gasteiger charge is 2.37. The Kier molecular flexibility index (Phi) is 6.05. The molecule has 3 aromatic carbocycles. The molecular weight excluding hydrogens is 408 g/mol. The van der Waals surface area contributed by atoms with Gasteiger partial charge in [-0.15, -0.1) is 0 Å². The van der Waals surface area contributed by atoms with Crippen LogP contribution in [-0.2, 0) is 0 Å². The van der Waals surface area contributed by atoms with E-state index in [9.17, 15) is 5.11 Å². The van der Waals surface area contributed by atoms with Crippen LogP contribution < -0.4 is 9.80 Å². The SMILES string of the molecule is CCN(CC)c1ccc(/C=N/N2CC[NH+](C3c4ccccc4-c4ccccc43)CC2)c(O)c1. The van der Waals surface area contributed by atoms with Crippen LogP contribution in [0, 0.1) is 0 Å². The molecule has 2 N–H and O–H groups in total. The third kappa shape index (κ3) is 4.09. The highest BCUT2D eigenvalue weighted by Crippen LogP contribution is 2.41. The summed E-state index contributed by atoms with van der Waals surface area (Å²) in [4.78, 5) is 3.83. The number of hydrazone groups is 1. The van der Waals surface area contributed by atoms with Gasteiger partial charge in [-0.1, -0.05) is 48.5 Å². The number of fused-ring (bicyclic) bond motifs is 3. The smallest absolute Gasteiger partial charge is 0.140 e. The van der Waals surface area contributed by atoms with Crippen molar-refractivity contribution in [1.82, 2.24) is 5.01 Å². The number of phenolic OH excluding ortho intramolecular Hbond substituents is 1. The molecule has 0 amide bonds. The van der Waals surface area contributed by atoms with Crippen molar-refractivity contribution in [2.24, 2.45) is 5.10 Å². The lowest BCUT2D eigenvalue weighted by atomic mass is 10.0. The van der Waals surface area contributed by atoms with Gasteiger partial charge in [0.25, 0.3) is 0 Å². The zero-order valence-corrected chi connectivity index (χ0v) is 19.5. The van der Waals surface area contributed by atoms with E-state index in [1.54, 1.807) is 11.1 Å². The largest absolute Gasteiger partial charge is 0.507 e. The number of aromatic hydroxyl groups is 1. The summed E-state index contributed by atoms with van der Waals surface area (Å²) in [6.07, 6.45) is 1.80. The van der Waals surface area contributed by atoms with E-state index in [4.69, 9.17) is 5.10 Å². The second-order valence-electron chi connectivity index (χ2n) is 8.88. The van der Waals surface area contributed by atoms with E-state index < -0.39 is 0 Å². The van der Waals surface area contributed by atoms with E-state index in [1.165, 1.54) is 22.3 Å². The van der Waals surface area contributed by atoms with E-state index >= 15 is 0 Å². The van der Waals surface area contributed by atoms with Gasteiger partial charge in [0.15, 0.2) is 0 Å². The van der Waals surface area contributed by atoms with Crippen LogP contribution in [0.4, 0.5) is 5.69 Å². The predicted octanol–water partition coefficient (Wildman–Crippen LogP) is 3.54. The molecule has 5 rings (SSSR count). The van der Waals surface area contributed by atoms with Crippen LogP contribution in [0.25, 0.3) is 11.1 Å². The fourth-order valence-corrected chi connectivity index (χ4v) is 5.35. The van der Waals surface area contributed by atoms with Gasteiger partial charge in [0.2, 0.25) is 0 Å². The minimum atomic E-state index is 0.284. The normalized spacial score (nSPS) is 16.2. The first-order chi connectivity index (χ1) is 16.2. The van der Waals surface area contributed by atoms with E-state index in [1.807, 2.05) is 12.1 Å². The summed E-state index contributed by atoms with van der Waals surface area (Å²) in [6.45, 7) is 9.99. The summed E-state index contributed by atoms with van der Waals surface area (Å²) in [5, 5.41) is 17.3. The molecule has 2 aliphatic rings. The molecule has 170 valence electrons. The van der Waals surface area contributed by atoms with Crippen molar-refractivity contribution in [2.75, 3.05) is 44.2 Å². The van der Waals surface area contributed by atoms with Crippen LogP contribution in [-0.4, -0.2) is 55.6 Å². The molecule has 1 fully saturated rings. The summed E-state index contributed by atoms with van der Waals surface area (Å²) in [5.74, 6) is 0.284. The lowest BCUT2D eigenvalue weighted by molar-refractivity contribution is -0.929. The molecule has 3 aromatic rings. The Morgan fingerprint density at radius 1 is 0.939 bits per heavy atom. The van der Waals surface area contributed by atoms with Crippen molar-refractivity contribution in [1.29, 1.82) is 0 Å². The predicted molar refractivity (Wildman–Crippen MR) is 135 cm³/mol. The van der Waals surface area contributed by atoms with Crippen molar-refractivity contribution in [3.05, 3.63) is 83.4 Å². The summed E-state index contributed by atoms with van der Waals surface area (Å²) < 4.78 is 0. The van der Waals surface area contributed by atoms with E-state index in [2.05, 4.69) is 78.4 Å². The molecule has 0 unspecified atom stereocenters. The second kappa shape index (κ2) is 9.28. The van der Waals surface area contributed by atoms with Gasteiger partial charge >= 0.3 is 0 Å². The first-order valence-electron chi connectivity index (χ1n) is 12.1. The summed E-state index contributed by atoms with van der Waals surface area (Å²) >= 11 is 0. The Balaban J connectivity index is 1.26. The molecule has 5 heteroatoms. The Labute approximate surface area is 196 Å². The van der Waals surface area contributed by atoms with E-state index in [-0.39, 0.29) is 5.75 Å². The van der Waals surface area contributed by atoms with Crippen molar-refractivity contribution < 1.29 is 10.0 Å². The third-order valence-corrected chi connectivity index (χ3v) is 7.13. The average Bonchev–Trinajstić information content (AvgIpc) is 3.19. The first-order valence-corrected chi connectivity index (χ1v) is 12.1. The van der Waals surface area contributed by atoms with E-state index in [0.717, 1.165) is 50.5 Å². The van der Waals surface area contributed by atoms with Gasteiger partial charge in [0.1, 0.15) is 11.8 Å². The van der Waals surface area contributed by atoms with Crippen molar-refractivity contribution in [3.63, 3.8) is 0 Å². The number of rotatable bonds is 6. The number of nitrogens with zero attached hydrogens (tertiary/aromatic N) is 3. The Morgan fingerprint density at radius 2 is 1.55 bits per heavy atom. The van der Waals surface area contributed by atoms with Gasteiger partial charge in [-0.3, -0.25) is 5.01 Å². The van der Waals surface area contributed by atoms with E-state index in [0.29, 0.717) is 6.04 Å². The molecule has 5 nitrogen and oxygen atoms in total. The fraction of sp³-hybridized carbons (Fsp3) is 0.321. The molecule has 1 saturated heterocycles. The topological polar surface area (TPSA) is 43.5 Å². The highest BCUT2D eigenvalue weighted by atomic mass is 16.3. The molecule has 0 spiro atoms. The minimum Gasteiger partial charge on any atom is -0.507 e. The number of hydrogen-bond acceptors (Lipinski definition) is 4. The lowest BCUT2D eigenvalue weighted by Crippen LogP contribution is -3.14. The maximum atomic E-state index is 10.5. The van der Waals surface area contributed by atoms with Crippen LogP contribution in [0.5, 0.6) is 5.75 Å². The molecule has 0 aromatic heterocycles. The highest BCUT2D eigenvalue weighted by molar-refractivity contribution is 5.84. The molecule has 0 atom stereocenters. The zero-order valence-electron chi connectivity index (χ0n) is 19.5. The van der Waals surface area contributed by atoms with Crippen LogP contribution in [0.15, 0.2) is 71.8 Å². The van der Waals surface area contributed by atoms with Gasteiger partial charge in [-0.05, 0) is 37.1 Å². The number of piperazine rings is 1. The van der Waals surface area contributed by atoms with Gasteiger partial charge in [0.05, 0.1) is 32.4 Å². The molecule has 0 bridgehead atoms. The Morgan fingerprint density at radius 3 is 2.12 bits per heavy atom. The Hall–Kier alpha value is -3.31. The second-order valence-corrected chi connectivity index (χ2v) is 8.88. The number of quaternary nitrogens is 1. The zero-order chi connectivity index (χ0) is 22.8. The number of phenols is 1. The monoisotopic (exact) mass is 441 g/mol. The first kappa shape index (κ1) is 21.5. The Bertz CT molecular complexity index is 1100. The number of hydrogen-bond donors (Lipinski definition) is 2. The number of nitrogens with one attached hydrogen (secondary N) is 1. The van der Waals surface area contributed by atoms with Crippen molar-refractivity contribution >= 4 is 11.9 Å². The minimum absolute atomic E-state index is 0.284. The molecular formula is C28H33N4O+. The van der Waals surface area contributed by atoms with Crippen LogP contribution >= 0.6 is 0 Å². The van der Waals surface area contributed by atoms with Gasteiger partial charge in [0, 0.05) is 41.5 Å². The maximum absolute atomic E-state index is 10.5. The van der Waals surface area contributed by atoms with Crippen molar-refractivity contribution in [3.8, 4) is 16.9 Å². The molecule has 1 aliphatic carbocycles. The molecule has 0 radical (unpaired) electrons. The molecule has 0 saturated carbocycles.